The Balaban J connectivity index is 2.93. The number of alkyl halides is 1. The summed E-state index contributed by atoms with van der Waals surface area (Å²) in [5, 5.41) is 8.51. The number of carbonyl (C=O) groups is 2. The Hall–Kier alpha value is -1.71. The molecule has 0 spiro atoms. The number of Topliss-reactive ketones (excluding diaryl/α,β-unsaturated/α-hetero) is 1. The molecule has 0 aliphatic carbocycles. The van der Waals surface area contributed by atoms with Crippen molar-refractivity contribution in [2.24, 2.45) is 0 Å². The molecule has 0 radical (unpaired) electrons. The monoisotopic (exact) mass is 182 g/mol. The fourth-order valence-electron chi connectivity index (χ4n) is 0.876. The molecule has 13 heavy (non-hydrogen) atoms. The Morgan fingerprint density at radius 3 is 2.00 bits per heavy atom. The second-order valence-electron chi connectivity index (χ2n) is 2.44. The average Bonchev–Trinajstić information content (AvgIpc) is 2.17. The number of carboxylic acids is 1. The lowest BCUT2D eigenvalue weighted by molar-refractivity contribution is 0.0696. The van der Waals surface area contributed by atoms with Crippen molar-refractivity contribution in [3.63, 3.8) is 0 Å². The number of hydrogen-bond donors (Lipinski definition) is 1. The van der Waals surface area contributed by atoms with Gasteiger partial charge in [-0.3, -0.25) is 4.79 Å². The molecule has 68 valence electrons. The van der Waals surface area contributed by atoms with Crippen molar-refractivity contribution >= 4 is 11.8 Å². The molecule has 0 unspecified atom stereocenters. The summed E-state index contributed by atoms with van der Waals surface area (Å²) in [4.78, 5) is 21.2. The van der Waals surface area contributed by atoms with Crippen LogP contribution in [0.4, 0.5) is 4.39 Å². The predicted octanol–water partition coefficient (Wildman–Crippen LogP) is 1.54. The molecule has 0 bridgehead atoms. The Bertz CT molecular complexity index is 329. The second kappa shape index (κ2) is 3.80. The summed E-state index contributed by atoms with van der Waals surface area (Å²) in [7, 11) is 0. The minimum atomic E-state index is -1.07. The van der Waals surface area contributed by atoms with E-state index >= 15 is 0 Å². The van der Waals surface area contributed by atoms with Gasteiger partial charge in [0, 0.05) is 5.56 Å². The van der Waals surface area contributed by atoms with Crippen molar-refractivity contribution in [3.05, 3.63) is 35.4 Å². The van der Waals surface area contributed by atoms with Crippen LogP contribution in [0.1, 0.15) is 20.7 Å². The fraction of sp³-hybridized carbons (Fsp3) is 0.111. The predicted molar refractivity (Wildman–Crippen MR) is 43.7 cm³/mol. The van der Waals surface area contributed by atoms with E-state index in [-0.39, 0.29) is 11.1 Å². The number of aromatic carboxylic acids is 1. The minimum Gasteiger partial charge on any atom is -0.478 e. The van der Waals surface area contributed by atoms with Crippen LogP contribution in [0.3, 0.4) is 0 Å². The standard InChI is InChI=1S/C9H7FO3/c10-5-8(11)6-1-3-7(4-2-6)9(12)13/h1-4H,5H2,(H,12,13). The van der Waals surface area contributed by atoms with Gasteiger partial charge in [0.2, 0.25) is 0 Å². The molecular weight excluding hydrogens is 175 g/mol. The Morgan fingerprint density at radius 2 is 1.62 bits per heavy atom. The van der Waals surface area contributed by atoms with Crippen LogP contribution in [0.15, 0.2) is 24.3 Å². The highest BCUT2D eigenvalue weighted by Crippen LogP contribution is 2.05. The highest BCUT2D eigenvalue weighted by molar-refractivity contribution is 5.98. The first-order valence-electron chi connectivity index (χ1n) is 3.57. The first-order chi connectivity index (χ1) is 6.15. The van der Waals surface area contributed by atoms with Crippen LogP contribution in [-0.2, 0) is 0 Å². The third-order valence-corrected chi connectivity index (χ3v) is 1.58. The van der Waals surface area contributed by atoms with Gasteiger partial charge in [0.05, 0.1) is 5.56 Å². The molecule has 0 saturated carbocycles. The van der Waals surface area contributed by atoms with Gasteiger partial charge in [0.15, 0.2) is 12.5 Å². The van der Waals surface area contributed by atoms with Crippen LogP contribution >= 0.6 is 0 Å². The second-order valence-corrected chi connectivity index (χ2v) is 2.44. The maximum Gasteiger partial charge on any atom is 0.335 e. The van der Waals surface area contributed by atoms with Gasteiger partial charge in [0.25, 0.3) is 0 Å². The molecule has 0 saturated heterocycles. The third-order valence-electron chi connectivity index (χ3n) is 1.58. The van der Waals surface area contributed by atoms with Gasteiger partial charge >= 0.3 is 5.97 Å². The maximum atomic E-state index is 11.9. The summed E-state index contributed by atoms with van der Waals surface area (Å²) < 4.78 is 11.9. The van der Waals surface area contributed by atoms with Crippen molar-refractivity contribution in [3.8, 4) is 0 Å². The van der Waals surface area contributed by atoms with Crippen molar-refractivity contribution in [1.82, 2.24) is 0 Å². The summed E-state index contributed by atoms with van der Waals surface area (Å²) in [5.74, 6) is -1.71. The number of hydrogen-bond acceptors (Lipinski definition) is 2. The zero-order valence-corrected chi connectivity index (χ0v) is 6.66. The van der Waals surface area contributed by atoms with Gasteiger partial charge in [-0.15, -0.1) is 0 Å². The number of rotatable bonds is 3. The molecule has 0 aliphatic heterocycles. The first kappa shape index (κ1) is 9.38. The lowest BCUT2D eigenvalue weighted by Crippen LogP contribution is -2.02. The summed E-state index contributed by atoms with van der Waals surface area (Å²) in [6, 6.07) is 5.13. The summed E-state index contributed by atoms with van der Waals surface area (Å²) in [6.07, 6.45) is 0. The highest BCUT2D eigenvalue weighted by Gasteiger charge is 2.06. The van der Waals surface area contributed by atoms with E-state index in [1.165, 1.54) is 24.3 Å². The highest BCUT2D eigenvalue weighted by atomic mass is 19.1. The molecule has 0 aromatic heterocycles. The molecule has 0 amide bonds. The number of halogens is 1. The molecule has 0 atom stereocenters. The van der Waals surface area contributed by atoms with E-state index in [9.17, 15) is 14.0 Å². The van der Waals surface area contributed by atoms with Crippen LogP contribution in [0.25, 0.3) is 0 Å². The van der Waals surface area contributed by atoms with Crippen LogP contribution in [0, 0.1) is 0 Å². The van der Waals surface area contributed by atoms with E-state index in [1.807, 2.05) is 0 Å². The Labute approximate surface area is 73.8 Å². The molecule has 1 aromatic rings. The molecule has 1 N–H and O–H groups in total. The lowest BCUT2D eigenvalue weighted by Gasteiger charge is -1.96. The minimum absolute atomic E-state index is 0.0791. The zero-order chi connectivity index (χ0) is 9.84. The Kier molecular flexibility index (Phi) is 2.74. The van der Waals surface area contributed by atoms with Gasteiger partial charge in [-0.05, 0) is 12.1 Å². The molecule has 3 nitrogen and oxygen atoms in total. The van der Waals surface area contributed by atoms with E-state index in [0.717, 1.165) is 0 Å². The van der Waals surface area contributed by atoms with E-state index < -0.39 is 18.4 Å². The maximum absolute atomic E-state index is 11.9. The summed E-state index contributed by atoms with van der Waals surface area (Å²) >= 11 is 0. The summed E-state index contributed by atoms with van der Waals surface area (Å²) in [5.41, 5.74) is 0.267. The van der Waals surface area contributed by atoms with Crippen LogP contribution in [-0.4, -0.2) is 23.5 Å². The molecule has 1 rings (SSSR count). The largest absolute Gasteiger partial charge is 0.478 e. The van der Waals surface area contributed by atoms with E-state index in [0.29, 0.717) is 0 Å². The van der Waals surface area contributed by atoms with Crippen LogP contribution < -0.4 is 0 Å². The third kappa shape index (κ3) is 2.11. The SMILES string of the molecule is O=C(O)c1ccc(C(=O)CF)cc1. The van der Waals surface area contributed by atoms with Gasteiger partial charge in [-0.1, -0.05) is 12.1 Å². The van der Waals surface area contributed by atoms with Crippen molar-refractivity contribution in [1.29, 1.82) is 0 Å². The molecule has 1 aromatic carbocycles. The topological polar surface area (TPSA) is 54.4 Å². The van der Waals surface area contributed by atoms with Crippen LogP contribution in [0.2, 0.25) is 0 Å². The van der Waals surface area contributed by atoms with E-state index in [2.05, 4.69) is 0 Å². The molecule has 0 aliphatic rings. The van der Waals surface area contributed by atoms with Crippen molar-refractivity contribution in [2.75, 3.05) is 6.67 Å². The quantitative estimate of drug-likeness (QED) is 0.721. The first-order valence-corrected chi connectivity index (χ1v) is 3.57. The number of carboxylic acid groups (broad SMARTS) is 1. The number of carbonyl (C=O) groups excluding carboxylic acids is 1. The normalized spacial score (nSPS) is 9.62. The van der Waals surface area contributed by atoms with Gasteiger partial charge in [-0.2, -0.15) is 0 Å². The van der Waals surface area contributed by atoms with E-state index in [1.54, 1.807) is 0 Å². The fourth-order valence-corrected chi connectivity index (χ4v) is 0.876. The molecular formula is C9H7FO3. The smallest absolute Gasteiger partial charge is 0.335 e. The zero-order valence-electron chi connectivity index (χ0n) is 6.66. The molecule has 0 fully saturated rings. The van der Waals surface area contributed by atoms with Crippen molar-refractivity contribution < 1.29 is 19.1 Å². The number of benzene rings is 1. The van der Waals surface area contributed by atoms with Crippen LogP contribution in [0.5, 0.6) is 0 Å². The van der Waals surface area contributed by atoms with Gasteiger partial charge in [-0.25, -0.2) is 9.18 Å². The molecule has 4 heteroatoms. The lowest BCUT2D eigenvalue weighted by atomic mass is 10.1. The average molecular weight is 182 g/mol. The van der Waals surface area contributed by atoms with Gasteiger partial charge in [0.1, 0.15) is 0 Å². The van der Waals surface area contributed by atoms with Crippen molar-refractivity contribution in [2.45, 2.75) is 0 Å². The Morgan fingerprint density at radius 1 is 1.15 bits per heavy atom. The van der Waals surface area contributed by atoms with Gasteiger partial charge < -0.3 is 5.11 Å². The summed E-state index contributed by atoms with van der Waals surface area (Å²) in [6.45, 7) is -1.06. The number of ketones is 1. The molecule has 0 heterocycles. The van der Waals surface area contributed by atoms with E-state index in [4.69, 9.17) is 5.11 Å².